The van der Waals surface area contributed by atoms with Crippen molar-refractivity contribution in [3.63, 3.8) is 0 Å². The van der Waals surface area contributed by atoms with Crippen LogP contribution >= 0.6 is 0 Å². The van der Waals surface area contributed by atoms with Gasteiger partial charge < -0.3 is 9.67 Å². The summed E-state index contributed by atoms with van der Waals surface area (Å²) in [5.74, 6) is -2.94. The molecule has 0 amide bonds. The van der Waals surface area contributed by atoms with Crippen molar-refractivity contribution in [3.8, 4) is 0 Å². The van der Waals surface area contributed by atoms with Gasteiger partial charge in [0.1, 0.15) is 0 Å². The van der Waals surface area contributed by atoms with Gasteiger partial charge in [-0.25, -0.2) is 0 Å². The Balaban J connectivity index is 1.98. The van der Waals surface area contributed by atoms with Crippen molar-refractivity contribution in [2.75, 3.05) is 0 Å². The molecule has 1 aromatic heterocycles. The fourth-order valence-corrected chi connectivity index (χ4v) is 2.45. The molecule has 2 nitrogen and oxygen atoms in total. The second-order valence-electron chi connectivity index (χ2n) is 5.07. The van der Waals surface area contributed by atoms with Gasteiger partial charge in [0.2, 0.25) is 0 Å². The number of nitrogens with zero attached hydrogens (tertiary/aromatic N) is 1. The summed E-state index contributed by atoms with van der Waals surface area (Å²) in [4.78, 5) is 0. The van der Waals surface area contributed by atoms with E-state index in [2.05, 4.69) is 0 Å². The second-order valence-corrected chi connectivity index (χ2v) is 5.07. The molecular formula is C17H15F2NO. The molecule has 21 heavy (non-hydrogen) atoms. The zero-order chi connectivity index (χ0) is 14.9. The van der Waals surface area contributed by atoms with Gasteiger partial charge in [-0.15, -0.1) is 0 Å². The first-order valence-corrected chi connectivity index (χ1v) is 6.72. The molecule has 0 aliphatic heterocycles. The molecule has 108 valence electrons. The zero-order valence-corrected chi connectivity index (χ0v) is 11.3. The summed E-state index contributed by atoms with van der Waals surface area (Å²) in [5.41, 5.74) is 1.42. The fourth-order valence-electron chi connectivity index (χ4n) is 2.45. The first-order valence-electron chi connectivity index (χ1n) is 6.72. The van der Waals surface area contributed by atoms with Crippen LogP contribution in [0.4, 0.5) is 8.78 Å². The van der Waals surface area contributed by atoms with Gasteiger partial charge in [0.05, 0.1) is 13.2 Å². The van der Waals surface area contributed by atoms with Crippen molar-refractivity contribution in [1.29, 1.82) is 0 Å². The van der Waals surface area contributed by atoms with Gasteiger partial charge in [-0.3, -0.25) is 0 Å². The van der Waals surface area contributed by atoms with Crippen molar-refractivity contribution < 1.29 is 13.9 Å². The van der Waals surface area contributed by atoms with Crippen LogP contribution in [0.1, 0.15) is 11.1 Å². The minimum atomic E-state index is -2.94. The average molecular weight is 287 g/mol. The molecule has 0 unspecified atom stereocenters. The molecule has 0 aliphatic rings. The highest BCUT2D eigenvalue weighted by Gasteiger charge is 2.32. The third-order valence-electron chi connectivity index (χ3n) is 3.59. The van der Waals surface area contributed by atoms with Crippen LogP contribution in [0.15, 0.2) is 60.8 Å². The van der Waals surface area contributed by atoms with Gasteiger partial charge in [-0.1, -0.05) is 42.5 Å². The summed E-state index contributed by atoms with van der Waals surface area (Å²) in [7, 11) is 0. The van der Waals surface area contributed by atoms with E-state index >= 15 is 0 Å². The molecule has 0 saturated heterocycles. The van der Waals surface area contributed by atoms with Crippen LogP contribution in [-0.2, 0) is 19.1 Å². The number of fused-ring (bicyclic) bond motifs is 1. The minimum absolute atomic E-state index is 0.00478. The van der Waals surface area contributed by atoms with Crippen molar-refractivity contribution in [3.05, 3.63) is 71.9 Å². The van der Waals surface area contributed by atoms with Crippen molar-refractivity contribution in [2.24, 2.45) is 0 Å². The normalized spacial score (nSPS) is 12.0. The lowest BCUT2D eigenvalue weighted by Crippen LogP contribution is -2.20. The van der Waals surface area contributed by atoms with Crippen LogP contribution in [0.25, 0.3) is 10.9 Å². The van der Waals surface area contributed by atoms with Crippen LogP contribution in [0, 0.1) is 0 Å². The molecule has 3 aromatic rings. The van der Waals surface area contributed by atoms with Crippen LogP contribution in [-0.4, -0.2) is 9.67 Å². The van der Waals surface area contributed by atoms with E-state index in [1.807, 2.05) is 6.07 Å². The standard InChI is InChI=1S/C17H15F2NO/c18-17(19,15-4-2-1-3-5-15)12-20-9-8-14-7-6-13(11-21)10-16(14)20/h1-10,21H,11-12H2. The number of aliphatic hydroxyl groups excluding tert-OH is 1. The predicted molar refractivity (Wildman–Crippen MR) is 78.2 cm³/mol. The van der Waals surface area contributed by atoms with Gasteiger partial charge in [0, 0.05) is 17.3 Å². The van der Waals surface area contributed by atoms with E-state index in [-0.39, 0.29) is 12.2 Å². The number of rotatable bonds is 4. The molecular weight excluding hydrogens is 272 g/mol. The summed E-state index contributed by atoms with van der Waals surface area (Å²) in [6.45, 7) is -0.522. The molecule has 3 rings (SSSR count). The fraction of sp³-hybridized carbons (Fsp3) is 0.176. The smallest absolute Gasteiger partial charge is 0.290 e. The topological polar surface area (TPSA) is 25.2 Å². The van der Waals surface area contributed by atoms with Gasteiger partial charge in [0.25, 0.3) is 5.92 Å². The van der Waals surface area contributed by atoms with E-state index < -0.39 is 12.5 Å². The number of alkyl halides is 2. The van der Waals surface area contributed by atoms with Gasteiger partial charge in [0.15, 0.2) is 0 Å². The first kappa shape index (κ1) is 13.8. The Morgan fingerprint density at radius 1 is 1.00 bits per heavy atom. The highest BCUT2D eigenvalue weighted by Crippen LogP contribution is 2.31. The van der Waals surface area contributed by atoms with Crippen molar-refractivity contribution >= 4 is 10.9 Å². The molecule has 0 fully saturated rings. The Hall–Kier alpha value is -2.20. The van der Waals surface area contributed by atoms with E-state index in [4.69, 9.17) is 0 Å². The number of halogens is 2. The molecule has 0 radical (unpaired) electrons. The Labute approximate surface area is 121 Å². The predicted octanol–water partition coefficient (Wildman–Crippen LogP) is 3.93. The summed E-state index contributed by atoms with van der Waals surface area (Å²) in [6.07, 6.45) is 1.66. The maximum Gasteiger partial charge on any atom is 0.290 e. The Bertz CT molecular complexity index is 750. The largest absolute Gasteiger partial charge is 0.392 e. The van der Waals surface area contributed by atoms with E-state index in [1.54, 1.807) is 42.6 Å². The number of benzene rings is 2. The quantitative estimate of drug-likeness (QED) is 0.773. The molecule has 2 aromatic carbocycles. The van der Waals surface area contributed by atoms with Crippen molar-refractivity contribution in [2.45, 2.75) is 19.1 Å². The maximum absolute atomic E-state index is 14.4. The molecule has 1 N–H and O–H groups in total. The van der Waals surface area contributed by atoms with E-state index in [9.17, 15) is 13.9 Å². The third kappa shape index (κ3) is 2.67. The summed E-state index contributed by atoms with van der Waals surface area (Å²) in [6, 6.07) is 15.0. The first-order chi connectivity index (χ1) is 10.1. The highest BCUT2D eigenvalue weighted by molar-refractivity contribution is 5.80. The summed E-state index contributed by atoms with van der Waals surface area (Å²) < 4.78 is 30.2. The lowest BCUT2D eigenvalue weighted by Gasteiger charge is -2.18. The highest BCUT2D eigenvalue weighted by atomic mass is 19.3. The van der Waals surface area contributed by atoms with E-state index in [0.29, 0.717) is 11.1 Å². The number of aromatic nitrogens is 1. The van der Waals surface area contributed by atoms with Crippen LogP contribution < -0.4 is 0 Å². The van der Waals surface area contributed by atoms with Gasteiger partial charge >= 0.3 is 0 Å². The van der Waals surface area contributed by atoms with Gasteiger partial charge in [-0.2, -0.15) is 8.78 Å². The second kappa shape index (κ2) is 5.30. The Kier molecular flexibility index (Phi) is 3.47. The van der Waals surface area contributed by atoms with Crippen LogP contribution in [0.5, 0.6) is 0 Å². The molecule has 0 saturated carbocycles. The molecule has 0 atom stereocenters. The molecule has 0 spiro atoms. The van der Waals surface area contributed by atoms with Crippen LogP contribution in [0.3, 0.4) is 0 Å². The lowest BCUT2D eigenvalue weighted by molar-refractivity contribution is -0.0211. The monoisotopic (exact) mass is 287 g/mol. The van der Waals surface area contributed by atoms with Gasteiger partial charge in [-0.05, 0) is 23.1 Å². The Morgan fingerprint density at radius 3 is 2.48 bits per heavy atom. The Morgan fingerprint density at radius 2 is 1.76 bits per heavy atom. The minimum Gasteiger partial charge on any atom is -0.392 e. The van der Waals surface area contributed by atoms with Crippen LogP contribution in [0.2, 0.25) is 0 Å². The number of aliphatic hydroxyl groups is 1. The maximum atomic E-state index is 14.4. The molecule has 1 heterocycles. The number of hydrogen-bond donors (Lipinski definition) is 1. The summed E-state index contributed by atoms with van der Waals surface area (Å²) >= 11 is 0. The molecule has 0 aliphatic carbocycles. The number of hydrogen-bond acceptors (Lipinski definition) is 1. The van der Waals surface area contributed by atoms with Crippen molar-refractivity contribution in [1.82, 2.24) is 4.57 Å². The SMILES string of the molecule is OCc1ccc2ccn(CC(F)(F)c3ccccc3)c2c1. The molecule has 4 heteroatoms. The zero-order valence-electron chi connectivity index (χ0n) is 11.3. The summed E-state index contributed by atoms with van der Waals surface area (Å²) in [5, 5.41) is 10.1. The van der Waals surface area contributed by atoms with E-state index in [0.717, 1.165) is 5.39 Å². The lowest BCUT2D eigenvalue weighted by atomic mass is 10.1. The van der Waals surface area contributed by atoms with E-state index in [1.165, 1.54) is 16.7 Å². The average Bonchev–Trinajstić information content (AvgIpc) is 2.90. The third-order valence-corrected chi connectivity index (χ3v) is 3.59. The molecule has 0 bridgehead atoms.